The lowest BCUT2D eigenvalue weighted by Crippen LogP contribution is -2.41. The first-order chi connectivity index (χ1) is 16.0. The number of benzene rings is 1. The van der Waals surface area contributed by atoms with E-state index in [0.717, 1.165) is 56.3 Å². The van der Waals surface area contributed by atoms with Gasteiger partial charge in [0.2, 0.25) is 5.89 Å². The first-order valence-electron chi connectivity index (χ1n) is 11.5. The Kier molecular flexibility index (Phi) is 9.53. The van der Waals surface area contributed by atoms with Crippen LogP contribution in [0.25, 0.3) is 0 Å². The van der Waals surface area contributed by atoms with Gasteiger partial charge in [-0.2, -0.15) is 0 Å². The van der Waals surface area contributed by atoms with Crippen LogP contribution in [0.15, 0.2) is 28.9 Å². The minimum absolute atomic E-state index is 0.217. The van der Waals surface area contributed by atoms with Crippen LogP contribution in [0.1, 0.15) is 42.2 Å². The van der Waals surface area contributed by atoms with Crippen molar-refractivity contribution < 1.29 is 23.4 Å². The molecule has 9 nitrogen and oxygen atoms in total. The lowest BCUT2D eigenvalue weighted by atomic mass is 10.1. The fourth-order valence-corrected chi connectivity index (χ4v) is 3.73. The summed E-state index contributed by atoms with van der Waals surface area (Å²) in [5, 5.41) is 2.93. The number of carbonyl (C=O) groups is 1. The van der Waals surface area contributed by atoms with Crippen LogP contribution in [0.4, 0.5) is 0 Å². The van der Waals surface area contributed by atoms with Gasteiger partial charge in [-0.15, -0.1) is 0 Å². The van der Waals surface area contributed by atoms with Gasteiger partial charge in [0.1, 0.15) is 17.8 Å². The second-order valence-corrected chi connectivity index (χ2v) is 8.18. The number of amides is 1. The molecule has 0 aliphatic carbocycles. The molecule has 0 bridgehead atoms. The summed E-state index contributed by atoms with van der Waals surface area (Å²) in [5.41, 5.74) is 1.35. The van der Waals surface area contributed by atoms with Crippen molar-refractivity contribution in [2.75, 3.05) is 53.6 Å². The molecule has 1 unspecified atom stereocenters. The molecule has 1 aliphatic heterocycles. The molecular weight excluding hydrogens is 424 g/mol. The van der Waals surface area contributed by atoms with Crippen LogP contribution in [0.5, 0.6) is 11.5 Å². The van der Waals surface area contributed by atoms with Crippen LogP contribution >= 0.6 is 0 Å². The summed E-state index contributed by atoms with van der Waals surface area (Å²) in [6.07, 6.45) is 2.40. The van der Waals surface area contributed by atoms with Gasteiger partial charge in [-0.1, -0.05) is 13.0 Å². The van der Waals surface area contributed by atoms with Gasteiger partial charge in [0.25, 0.3) is 5.91 Å². The Hall–Kier alpha value is -2.62. The molecule has 33 heavy (non-hydrogen) atoms. The van der Waals surface area contributed by atoms with E-state index in [4.69, 9.17) is 18.6 Å². The highest BCUT2D eigenvalue weighted by molar-refractivity contribution is 5.91. The van der Waals surface area contributed by atoms with E-state index in [0.29, 0.717) is 31.2 Å². The summed E-state index contributed by atoms with van der Waals surface area (Å²) < 4.78 is 21.9. The Morgan fingerprint density at radius 3 is 2.73 bits per heavy atom. The van der Waals surface area contributed by atoms with Crippen molar-refractivity contribution in [1.82, 2.24) is 20.1 Å². The summed E-state index contributed by atoms with van der Waals surface area (Å²) in [4.78, 5) is 21.5. The van der Waals surface area contributed by atoms with Gasteiger partial charge in [0.05, 0.1) is 34.0 Å². The molecule has 0 radical (unpaired) electrons. The van der Waals surface area contributed by atoms with E-state index in [2.05, 4.69) is 33.9 Å². The molecule has 1 aromatic carbocycles. The van der Waals surface area contributed by atoms with Gasteiger partial charge in [-0.05, 0) is 19.4 Å². The molecule has 1 atom stereocenters. The van der Waals surface area contributed by atoms with Crippen molar-refractivity contribution in [1.29, 1.82) is 0 Å². The number of morpholine rings is 1. The zero-order valence-electron chi connectivity index (χ0n) is 20.1. The smallest absolute Gasteiger partial charge is 0.273 e. The molecule has 0 spiro atoms. The van der Waals surface area contributed by atoms with Gasteiger partial charge in [-0.3, -0.25) is 14.6 Å². The second kappa shape index (κ2) is 12.6. The number of rotatable bonds is 12. The zero-order chi connectivity index (χ0) is 23.6. The SMILES string of the molecule is CCC(C)N(Cc1nc(C(=O)NCCN2CCOCC2)co1)Cc1ccc(OC)cc1OC. The van der Waals surface area contributed by atoms with Crippen molar-refractivity contribution in [2.24, 2.45) is 0 Å². The lowest BCUT2D eigenvalue weighted by molar-refractivity contribution is 0.0383. The molecule has 182 valence electrons. The third kappa shape index (κ3) is 7.18. The van der Waals surface area contributed by atoms with Crippen LogP contribution in [-0.2, 0) is 17.8 Å². The highest BCUT2D eigenvalue weighted by Gasteiger charge is 2.20. The van der Waals surface area contributed by atoms with E-state index in [1.165, 1.54) is 6.26 Å². The molecule has 2 heterocycles. The van der Waals surface area contributed by atoms with Crippen molar-refractivity contribution in [3.8, 4) is 11.5 Å². The Morgan fingerprint density at radius 2 is 2.03 bits per heavy atom. The van der Waals surface area contributed by atoms with Crippen LogP contribution in [-0.4, -0.2) is 80.3 Å². The fraction of sp³-hybridized carbons (Fsp3) is 0.583. The molecule has 0 saturated carbocycles. The molecule has 1 amide bonds. The highest BCUT2D eigenvalue weighted by atomic mass is 16.5. The average molecular weight is 461 g/mol. The van der Waals surface area contributed by atoms with Crippen molar-refractivity contribution in [3.05, 3.63) is 41.6 Å². The Morgan fingerprint density at radius 1 is 1.24 bits per heavy atom. The number of carbonyl (C=O) groups excluding carboxylic acids is 1. The normalized spacial score (nSPS) is 15.4. The Balaban J connectivity index is 1.59. The fourth-order valence-electron chi connectivity index (χ4n) is 3.73. The van der Waals surface area contributed by atoms with Gasteiger partial charge in [0, 0.05) is 50.4 Å². The van der Waals surface area contributed by atoms with Crippen LogP contribution in [0, 0.1) is 0 Å². The maximum absolute atomic E-state index is 12.5. The number of nitrogens with zero attached hydrogens (tertiary/aromatic N) is 3. The van der Waals surface area contributed by atoms with Crippen LogP contribution in [0.3, 0.4) is 0 Å². The number of ether oxygens (including phenoxy) is 3. The van der Waals surface area contributed by atoms with E-state index in [-0.39, 0.29) is 11.9 Å². The number of hydrogen-bond donors (Lipinski definition) is 1. The first-order valence-corrected chi connectivity index (χ1v) is 11.5. The Labute approximate surface area is 196 Å². The summed E-state index contributed by atoms with van der Waals surface area (Å²) >= 11 is 0. The highest BCUT2D eigenvalue weighted by Crippen LogP contribution is 2.27. The predicted octanol–water partition coefficient (Wildman–Crippen LogP) is 2.55. The summed E-state index contributed by atoms with van der Waals surface area (Å²) in [6, 6.07) is 6.11. The largest absolute Gasteiger partial charge is 0.497 e. The molecule has 3 rings (SSSR count). The zero-order valence-corrected chi connectivity index (χ0v) is 20.1. The lowest BCUT2D eigenvalue weighted by Gasteiger charge is -2.27. The van der Waals surface area contributed by atoms with E-state index < -0.39 is 0 Å². The second-order valence-electron chi connectivity index (χ2n) is 8.18. The third-order valence-corrected chi connectivity index (χ3v) is 6.02. The van der Waals surface area contributed by atoms with E-state index in [9.17, 15) is 4.79 Å². The molecule has 1 saturated heterocycles. The number of aromatic nitrogens is 1. The molecular formula is C24H36N4O5. The molecule has 2 aromatic rings. The third-order valence-electron chi connectivity index (χ3n) is 6.02. The maximum atomic E-state index is 12.5. The standard InChI is InChI=1S/C24H36N4O5/c1-5-18(2)28(15-19-6-7-20(30-3)14-22(19)31-4)16-23-26-21(17-33-23)24(29)25-8-9-27-10-12-32-13-11-27/h6-7,14,17-18H,5,8-13,15-16H2,1-4H3,(H,25,29). The molecule has 9 heteroatoms. The van der Waals surface area contributed by atoms with Gasteiger partial charge in [0.15, 0.2) is 5.69 Å². The topological polar surface area (TPSA) is 89.3 Å². The monoisotopic (exact) mass is 460 g/mol. The van der Waals surface area contributed by atoms with Crippen molar-refractivity contribution in [2.45, 2.75) is 39.4 Å². The predicted molar refractivity (Wildman–Crippen MR) is 125 cm³/mol. The number of hydrogen-bond acceptors (Lipinski definition) is 8. The van der Waals surface area contributed by atoms with Gasteiger partial charge in [-0.25, -0.2) is 4.98 Å². The number of oxazole rings is 1. The first kappa shape index (κ1) is 25.0. The van der Waals surface area contributed by atoms with Crippen LogP contribution < -0.4 is 14.8 Å². The minimum Gasteiger partial charge on any atom is -0.497 e. The van der Waals surface area contributed by atoms with Crippen molar-refractivity contribution >= 4 is 5.91 Å². The number of nitrogens with one attached hydrogen (secondary N) is 1. The minimum atomic E-state index is -0.217. The molecule has 1 fully saturated rings. The Bertz CT molecular complexity index is 881. The molecule has 1 aromatic heterocycles. The van der Waals surface area contributed by atoms with E-state index >= 15 is 0 Å². The van der Waals surface area contributed by atoms with Crippen LogP contribution in [0.2, 0.25) is 0 Å². The number of methoxy groups -OCH3 is 2. The van der Waals surface area contributed by atoms with E-state index in [1.807, 2.05) is 18.2 Å². The summed E-state index contributed by atoms with van der Waals surface area (Å²) in [5.74, 6) is 1.82. The average Bonchev–Trinajstić information content (AvgIpc) is 3.32. The van der Waals surface area contributed by atoms with Gasteiger partial charge < -0.3 is 23.9 Å². The van der Waals surface area contributed by atoms with E-state index in [1.54, 1.807) is 14.2 Å². The summed E-state index contributed by atoms with van der Waals surface area (Å²) in [6.45, 7) is 10.1. The summed E-state index contributed by atoms with van der Waals surface area (Å²) in [7, 11) is 3.29. The van der Waals surface area contributed by atoms with Gasteiger partial charge >= 0.3 is 0 Å². The molecule has 1 N–H and O–H groups in total. The molecule has 1 aliphatic rings. The maximum Gasteiger partial charge on any atom is 0.273 e. The van der Waals surface area contributed by atoms with Crippen molar-refractivity contribution in [3.63, 3.8) is 0 Å². The quantitative estimate of drug-likeness (QED) is 0.517.